The number of benzene rings is 1. The third-order valence-corrected chi connectivity index (χ3v) is 3.56. The van der Waals surface area contributed by atoms with Crippen molar-refractivity contribution >= 4 is 0 Å². The van der Waals surface area contributed by atoms with Crippen molar-refractivity contribution in [3.8, 4) is 0 Å². The molecule has 0 atom stereocenters. The molecule has 0 aromatic heterocycles. The minimum absolute atomic E-state index is 0.825. The quantitative estimate of drug-likeness (QED) is 0.733. The molecular formula is C16H26N2O2. The Balaban J connectivity index is 1.69. The molecule has 0 spiro atoms. The summed E-state index contributed by atoms with van der Waals surface area (Å²) in [6, 6.07) is 8.92. The summed E-state index contributed by atoms with van der Waals surface area (Å²) in [5, 5.41) is 3.43. The van der Waals surface area contributed by atoms with Crippen molar-refractivity contribution in [1.82, 2.24) is 10.2 Å². The van der Waals surface area contributed by atoms with Gasteiger partial charge in [0.2, 0.25) is 0 Å². The van der Waals surface area contributed by atoms with Gasteiger partial charge in [-0.1, -0.05) is 24.3 Å². The molecular weight excluding hydrogens is 252 g/mol. The minimum atomic E-state index is 0.825. The average molecular weight is 278 g/mol. The Bertz CT molecular complexity index is 361. The first-order chi connectivity index (χ1) is 9.88. The summed E-state index contributed by atoms with van der Waals surface area (Å²) < 4.78 is 10.4. The van der Waals surface area contributed by atoms with Crippen molar-refractivity contribution in [2.75, 3.05) is 46.6 Å². The molecule has 1 aromatic carbocycles. The first-order valence-corrected chi connectivity index (χ1v) is 7.46. The molecule has 20 heavy (non-hydrogen) atoms. The zero-order chi connectivity index (χ0) is 14.0. The van der Waals surface area contributed by atoms with E-state index in [2.05, 4.69) is 34.5 Å². The Labute approximate surface area is 122 Å². The van der Waals surface area contributed by atoms with Gasteiger partial charge in [0.1, 0.15) is 0 Å². The predicted octanol–water partition coefficient (Wildman–Crippen LogP) is 1.64. The van der Waals surface area contributed by atoms with Crippen LogP contribution < -0.4 is 5.32 Å². The lowest BCUT2D eigenvalue weighted by Gasteiger charge is -2.26. The van der Waals surface area contributed by atoms with Crippen LogP contribution in [0.25, 0.3) is 0 Å². The predicted molar refractivity (Wildman–Crippen MR) is 80.7 cm³/mol. The Morgan fingerprint density at radius 3 is 2.55 bits per heavy atom. The van der Waals surface area contributed by atoms with Crippen molar-refractivity contribution in [3.63, 3.8) is 0 Å². The van der Waals surface area contributed by atoms with Crippen LogP contribution in [0.5, 0.6) is 0 Å². The van der Waals surface area contributed by atoms with Gasteiger partial charge >= 0.3 is 0 Å². The van der Waals surface area contributed by atoms with E-state index >= 15 is 0 Å². The molecule has 1 aromatic rings. The third-order valence-electron chi connectivity index (χ3n) is 3.56. The summed E-state index contributed by atoms with van der Waals surface area (Å²) in [6.45, 7) is 7.61. The van der Waals surface area contributed by atoms with E-state index in [0.29, 0.717) is 0 Å². The van der Waals surface area contributed by atoms with Gasteiger partial charge in [-0.2, -0.15) is 0 Å². The largest absolute Gasteiger partial charge is 0.385 e. The van der Waals surface area contributed by atoms with Crippen LogP contribution >= 0.6 is 0 Å². The van der Waals surface area contributed by atoms with Gasteiger partial charge in [-0.05, 0) is 24.1 Å². The van der Waals surface area contributed by atoms with Crippen LogP contribution in [0.4, 0.5) is 0 Å². The monoisotopic (exact) mass is 278 g/mol. The maximum Gasteiger partial charge on any atom is 0.0594 e. The summed E-state index contributed by atoms with van der Waals surface area (Å²) in [4.78, 5) is 2.45. The van der Waals surface area contributed by atoms with Crippen molar-refractivity contribution in [2.45, 2.75) is 19.5 Å². The molecule has 4 nitrogen and oxygen atoms in total. The van der Waals surface area contributed by atoms with Crippen LogP contribution in [0, 0.1) is 0 Å². The molecule has 2 rings (SSSR count). The second-order valence-corrected chi connectivity index (χ2v) is 5.23. The van der Waals surface area contributed by atoms with Gasteiger partial charge in [-0.25, -0.2) is 0 Å². The Morgan fingerprint density at radius 2 is 1.85 bits per heavy atom. The van der Waals surface area contributed by atoms with Crippen molar-refractivity contribution in [3.05, 3.63) is 35.4 Å². The highest BCUT2D eigenvalue weighted by Crippen LogP contribution is 2.09. The smallest absolute Gasteiger partial charge is 0.0594 e. The van der Waals surface area contributed by atoms with Crippen LogP contribution in [-0.4, -0.2) is 51.5 Å². The third kappa shape index (κ3) is 5.59. The van der Waals surface area contributed by atoms with Gasteiger partial charge in [0, 0.05) is 39.9 Å². The molecule has 1 N–H and O–H groups in total. The number of nitrogens with one attached hydrogen (secondary N) is 1. The van der Waals surface area contributed by atoms with Gasteiger partial charge in [-0.3, -0.25) is 4.90 Å². The fourth-order valence-electron chi connectivity index (χ4n) is 2.35. The average Bonchev–Trinajstić information content (AvgIpc) is 2.50. The molecule has 0 bridgehead atoms. The van der Waals surface area contributed by atoms with E-state index in [1.165, 1.54) is 11.1 Å². The fourth-order valence-corrected chi connectivity index (χ4v) is 2.35. The maximum atomic E-state index is 5.37. The minimum Gasteiger partial charge on any atom is -0.385 e. The van der Waals surface area contributed by atoms with Crippen molar-refractivity contribution in [1.29, 1.82) is 0 Å². The number of rotatable bonds is 8. The molecule has 0 aliphatic carbocycles. The standard InChI is InChI=1S/C16H26N2O2/c1-19-10-2-7-17-13-15-3-5-16(6-4-15)14-18-8-11-20-12-9-18/h3-6,17H,2,7-14H2,1H3. The number of morpholine rings is 1. The summed E-state index contributed by atoms with van der Waals surface area (Å²) in [6.07, 6.45) is 1.06. The van der Waals surface area contributed by atoms with E-state index < -0.39 is 0 Å². The Kier molecular flexibility index (Phi) is 7.01. The maximum absolute atomic E-state index is 5.37. The zero-order valence-corrected chi connectivity index (χ0v) is 12.4. The van der Waals surface area contributed by atoms with E-state index in [9.17, 15) is 0 Å². The van der Waals surface area contributed by atoms with E-state index in [-0.39, 0.29) is 0 Å². The summed E-state index contributed by atoms with van der Waals surface area (Å²) >= 11 is 0. The Morgan fingerprint density at radius 1 is 1.15 bits per heavy atom. The highest BCUT2D eigenvalue weighted by Gasteiger charge is 2.10. The molecule has 0 amide bonds. The number of nitrogens with zero attached hydrogens (tertiary/aromatic N) is 1. The lowest BCUT2D eigenvalue weighted by Crippen LogP contribution is -2.35. The zero-order valence-electron chi connectivity index (χ0n) is 12.4. The fraction of sp³-hybridized carbons (Fsp3) is 0.625. The van der Waals surface area contributed by atoms with Gasteiger partial charge in [0.15, 0.2) is 0 Å². The molecule has 1 heterocycles. The first kappa shape index (κ1) is 15.4. The van der Waals surface area contributed by atoms with Crippen molar-refractivity contribution < 1.29 is 9.47 Å². The molecule has 4 heteroatoms. The van der Waals surface area contributed by atoms with E-state index in [4.69, 9.17) is 9.47 Å². The molecule has 0 radical (unpaired) electrons. The normalized spacial score (nSPS) is 16.4. The lowest BCUT2D eigenvalue weighted by molar-refractivity contribution is 0.0342. The summed E-state index contributed by atoms with van der Waals surface area (Å²) in [7, 11) is 1.74. The lowest BCUT2D eigenvalue weighted by atomic mass is 10.1. The second-order valence-electron chi connectivity index (χ2n) is 5.23. The number of ether oxygens (including phenoxy) is 2. The number of hydrogen-bond donors (Lipinski definition) is 1. The number of methoxy groups -OCH3 is 1. The first-order valence-electron chi connectivity index (χ1n) is 7.46. The molecule has 1 fully saturated rings. The molecule has 0 saturated carbocycles. The summed E-state index contributed by atoms with van der Waals surface area (Å²) in [5.41, 5.74) is 2.73. The summed E-state index contributed by atoms with van der Waals surface area (Å²) in [5.74, 6) is 0. The molecule has 1 aliphatic rings. The van der Waals surface area contributed by atoms with Gasteiger partial charge < -0.3 is 14.8 Å². The van der Waals surface area contributed by atoms with Gasteiger partial charge in [-0.15, -0.1) is 0 Å². The van der Waals surface area contributed by atoms with E-state index in [1.54, 1.807) is 7.11 Å². The molecule has 0 unspecified atom stereocenters. The van der Waals surface area contributed by atoms with Gasteiger partial charge in [0.05, 0.1) is 13.2 Å². The number of hydrogen-bond acceptors (Lipinski definition) is 4. The SMILES string of the molecule is COCCCNCc1ccc(CN2CCOCC2)cc1. The van der Waals surface area contributed by atoms with E-state index in [0.717, 1.165) is 59.0 Å². The topological polar surface area (TPSA) is 33.7 Å². The van der Waals surface area contributed by atoms with Crippen LogP contribution in [0.3, 0.4) is 0 Å². The van der Waals surface area contributed by atoms with Crippen LogP contribution in [-0.2, 0) is 22.6 Å². The molecule has 1 aliphatic heterocycles. The Hall–Kier alpha value is -0.940. The highest BCUT2D eigenvalue weighted by molar-refractivity contribution is 5.22. The van der Waals surface area contributed by atoms with Crippen LogP contribution in [0.1, 0.15) is 17.5 Å². The van der Waals surface area contributed by atoms with Crippen molar-refractivity contribution in [2.24, 2.45) is 0 Å². The van der Waals surface area contributed by atoms with E-state index in [1.807, 2.05) is 0 Å². The molecule has 1 saturated heterocycles. The van der Waals surface area contributed by atoms with Gasteiger partial charge in [0.25, 0.3) is 0 Å². The second kappa shape index (κ2) is 9.08. The molecule has 112 valence electrons. The highest BCUT2D eigenvalue weighted by atomic mass is 16.5. The van der Waals surface area contributed by atoms with Crippen LogP contribution in [0.15, 0.2) is 24.3 Å². The van der Waals surface area contributed by atoms with Crippen LogP contribution in [0.2, 0.25) is 0 Å².